The SMILES string of the molecule is COc1ccccc1-n1ccn2c(SCC(=O)Nc3cccc(C)c3)nnc2c1=O. The Balaban J connectivity index is 1.54. The van der Waals surface area contributed by atoms with Crippen molar-refractivity contribution in [3.05, 3.63) is 76.8 Å². The highest BCUT2D eigenvalue weighted by Gasteiger charge is 2.15. The fraction of sp³-hybridized carbons (Fsp3) is 0.143. The predicted molar refractivity (Wildman–Crippen MR) is 116 cm³/mol. The monoisotopic (exact) mass is 421 g/mol. The third-order valence-corrected chi connectivity index (χ3v) is 5.36. The normalized spacial score (nSPS) is 10.9. The standard InChI is InChI=1S/C21H19N5O3S/c1-14-6-5-7-15(12-14)22-18(27)13-30-21-24-23-19-20(28)25(10-11-26(19)21)16-8-3-4-9-17(16)29-2/h3-12H,13H2,1-2H3,(H,22,27). The summed E-state index contributed by atoms with van der Waals surface area (Å²) in [7, 11) is 1.55. The zero-order chi connectivity index (χ0) is 21.1. The molecular formula is C21H19N5O3S. The van der Waals surface area contributed by atoms with Crippen LogP contribution in [0.2, 0.25) is 0 Å². The maximum atomic E-state index is 12.9. The molecule has 0 atom stereocenters. The van der Waals surface area contributed by atoms with Crippen LogP contribution in [0, 0.1) is 6.92 Å². The van der Waals surface area contributed by atoms with Crippen molar-refractivity contribution < 1.29 is 9.53 Å². The zero-order valence-corrected chi connectivity index (χ0v) is 17.2. The fourth-order valence-electron chi connectivity index (χ4n) is 3.03. The van der Waals surface area contributed by atoms with Crippen LogP contribution in [0.3, 0.4) is 0 Å². The fourth-order valence-corrected chi connectivity index (χ4v) is 3.75. The van der Waals surface area contributed by atoms with Crippen molar-refractivity contribution in [3.8, 4) is 11.4 Å². The molecule has 9 heteroatoms. The zero-order valence-electron chi connectivity index (χ0n) is 16.4. The van der Waals surface area contributed by atoms with Gasteiger partial charge in [0.25, 0.3) is 0 Å². The van der Waals surface area contributed by atoms with Crippen molar-refractivity contribution in [1.29, 1.82) is 0 Å². The molecule has 2 aromatic carbocycles. The Morgan fingerprint density at radius 1 is 1.13 bits per heavy atom. The maximum Gasteiger partial charge on any atom is 0.300 e. The Kier molecular flexibility index (Phi) is 5.53. The van der Waals surface area contributed by atoms with Gasteiger partial charge < -0.3 is 10.1 Å². The molecule has 0 saturated heterocycles. The molecule has 152 valence electrons. The van der Waals surface area contributed by atoms with Crippen LogP contribution in [0.25, 0.3) is 11.3 Å². The first-order valence-corrected chi connectivity index (χ1v) is 10.1. The highest BCUT2D eigenvalue weighted by atomic mass is 32.2. The molecule has 2 heterocycles. The van der Waals surface area contributed by atoms with Crippen LogP contribution in [0.15, 0.2) is 70.9 Å². The molecule has 0 bridgehead atoms. The minimum Gasteiger partial charge on any atom is -0.495 e. The van der Waals surface area contributed by atoms with Crippen LogP contribution in [-0.2, 0) is 4.79 Å². The maximum absolute atomic E-state index is 12.9. The van der Waals surface area contributed by atoms with Crippen LogP contribution in [0.1, 0.15) is 5.56 Å². The first-order chi connectivity index (χ1) is 14.6. The Bertz CT molecular complexity index is 1280. The summed E-state index contributed by atoms with van der Waals surface area (Å²) in [6, 6.07) is 14.8. The number of ether oxygens (including phenoxy) is 1. The van der Waals surface area contributed by atoms with Crippen molar-refractivity contribution >= 4 is 29.0 Å². The molecule has 0 unspecified atom stereocenters. The number of carbonyl (C=O) groups excluding carboxylic acids is 1. The number of anilines is 1. The summed E-state index contributed by atoms with van der Waals surface area (Å²) in [5.74, 6) is 0.556. The van der Waals surface area contributed by atoms with Crippen LogP contribution >= 0.6 is 11.8 Å². The highest BCUT2D eigenvalue weighted by Crippen LogP contribution is 2.22. The van der Waals surface area contributed by atoms with Gasteiger partial charge in [0.15, 0.2) is 5.16 Å². The lowest BCUT2D eigenvalue weighted by molar-refractivity contribution is -0.113. The second-order valence-electron chi connectivity index (χ2n) is 6.53. The molecule has 0 aliphatic heterocycles. The van der Waals surface area contributed by atoms with E-state index in [2.05, 4.69) is 15.5 Å². The summed E-state index contributed by atoms with van der Waals surface area (Å²) >= 11 is 1.21. The van der Waals surface area contributed by atoms with Gasteiger partial charge in [0, 0.05) is 18.1 Å². The molecule has 0 aliphatic rings. The number of nitrogens with one attached hydrogen (secondary N) is 1. The second kappa shape index (κ2) is 8.42. The lowest BCUT2D eigenvalue weighted by atomic mass is 10.2. The van der Waals surface area contributed by atoms with Crippen molar-refractivity contribution in [2.75, 3.05) is 18.2 Å². The minimum absolute atomic E-state index is 0.143. The van der Waals surface area contributed by atoms with Gasteiger partial charge in [-0.3, -0.25) is 18.6 Å². The van der Waals surface area contributed by atoms with Crippen LogP contribution in [0.5, 0.6) is 5.75 Å². The minimum atomic E-state index is -0.328. The van der Waals surface area contributed by atoms with E-state index in [1.54, 1.807) is 36.0 Å². The first-order valence-electron chi connectivity index (χ1n) is 9.16. The van der Waals surface area contributed by atoms with Gasteiger partial charge in [-0.1, -0.05) is 36.0 Å². The third kappa shape index (κ3) is 3.92. The molecule has 1 amide bonds. The van der Waals surface area contributed by atoms with E-state index in [1.807, 2.05) is 43.3 Å². The van der Waals surface area contributed by atoms with E-state index in [0.717, 1.165) is 11.3 Å². The number of carbonyl (C=O) groups is 1. The number of methoxy groups -OCH3 is 1. The third-order valence-electron chi connectivity index (χ3n) is 4.42. The number of aromatic nitrogens is 4. The molecule has 0 spiro atoms. The predicted octanol–water partition coefficient (Wildman–Crippen LogP) is 2.93. The van der Waals surface area contributed by atoms with Gasteiger partial charge in [-0.15, -0.1) is 10.2 Å². The van der Waals surface area contributed by atoms with E-state index in [1.165, 1.54) is 16.3 Å². The summed E-state index contributed by atoms with van der Waals surface area (Å²) < 4.78 is 8.38. The lowest BCUT2D eigenvalue weighted by Gasteiger charge is -2.10. The molecule has 0 radical (unpaired) electrons. The van der Waals surface area contributed by atoms with Gasteiger partial charge >= 0.3 is 5.56 Å². The van der Waals surface area contributed by atoms with Gasteiger partial charge in [-0.2, -0.15) is 0 Å². The quantitative estimate of drug-likeness (QED) is 0.482. The van der Waals surface area contributed by atoms with Crippen molar-refractivity contribution in [2.45, 2.75) is 12.1 Å². The Labute approximate surface area is 176 Å². The number of fused-ring (bicyclic) bond motifs is 1. The van der Waals surface area contributed by atoms with E-state index in [4.69, 9.17) is 4.74 Å². The van der Waals surface area contributed by atoms with Gasteiger partial charge in [-0.25, -0.2) is 0 Å². The van der Waals surface area contributed by atoms with Crippen molar-refractivity contribution in [2.24, 2.45) is 0 Å². The summed E-state index contributed by atoms with van der Waals surface area (Å²) in [6.45, 7) is 1.96. The van der Waals surface area contributed by atoms with E-state index in [-0.39, 0.29) is 22.9 Å². The molecule has 0 fully saturated rings. The molecule has 0 saturated carbocycles. The molecule has 8 nitrogen and oxygen atoms in total. The topological polar surface area (TPSA) is 90.5 Å². The number of benzene rings is 2. The van der Waals surface area contributed by atoms with Gasteiger partial charge in [-0.05, 0) is 36.8 Å². The van der Waals surface area contributed by atoms with Crippen LogP contribution in [-0.4, -0.2) is 37.9 Å². The average Bonchev–Trinajstić information content (AvgIpc) is 3.16. The summed E-state index contributed by atoms with van der Waals surface area (Å²) in [5.41, 5.74) is 2.26. The van der Waals surface area contributed by atoms with Crippen molar-refractivity contribution in [1.82, 2.24) is 19.2 Å². The largest absolute Gasteiger partial charge is 0.495 e. The van der Waals surface area contributed by atoms with E-state index in [0.29, 0.717) is 16.6 Å². The van der Waals surface area contributed by atoms with Crippen molar-refractivity contribution in [3.63, 3.8) is 0 Å². The average molecular weight is 421 g/mol. The number of rotatable bonds is 6. The lowest BCUT2D eigenvalue weighted by Crippen LogP contribution is -2.20. The van der Waals surface area contributed by atoms with Gasteiger partial charge in [0.2, 0.25) is 11.6 Å². The van der Waals surface area contributed by atoms with Gasteiger partial charge in [0.1, 0.15) is 5.75 Å². The first kappa shape index (κ1) is 19.7. The molecular weight excluding hydrogens is 402 g/mol. The van der Waals surface area contributed by atoms with E-state index < -0.39 is 0 Å². The molecule has 1 N–H and O–H groups in total. The molecule has 4 rings (SSSR count). The Hall–Kier alpha value is -3.59. The number of aryl methyl sites for hydroxylation is 1. The molecule has 0 aliphatic carbocycles. The van der Waals surface area contributed by atoms with Crippen LogP contribution in [0.4, 0.5) is 5.69 Å². The second-order valence-corrected chi connectivity index (χ2v) is 7.47. The molecule has 2 aromatic heterocycles. The number of thioether (sulfide) groups is 1. The number of amides is 1. The van der Waals surface area contributed by atoms with E-state index in [9.17, 15) is 9.59 Å². The summed E-state index contributed by atoms with van der Waals surface area (Å²) in [5, 5.41) is 11.4. The summed E-state index contributed by atoms with van der Waals surface area (Å²) in [6.07, 6.45) is 3.33. The molecule has 4 aromatic rings. The van der Waals surface area contributed by atoms with Gasteiger partial charge in [0.05, 0.1) is 18.6 Å². The van der Waals surface area contributed by atoms with Crippen LogP contribution < -0.4 is 15.6 Å². The summed E-state index contributed by atoms with van der Waals surface area (Å²) in [4.78, 5) is 25.2. The highest BCUT2D eigenvalue weighted by molar-refractivity contribution is 7.99. The van der Waals surface area contributed by atoms with E-state index >= 15 is 0 Å². The number of hydrogen-bond acceptors (Lipinski definition) is 6. The Morgan fingerprint density at radius 3 is 2.77 bits per heavy atom. The Morgan fingerprint density at radius 2 is 1.97 bits per heavy atom. The smallest absolute Gasteiger partial charge is 0.300 e. The number of para-hydroxylation sites is 2. The number of nitrogens with zero attached hydrogens (tertiary/aromatic N) is 4. The number of hydrogen-bond donors (Lipinski definition) is 1. The molecule has 30 heavy (non-hydrogen) atoms.